The van der Waals surface area contributed by atoms with Gasteiger partial charge in [0.2, 0.25) is 5.91 Å². The average Bonchev–Trinajstić information content (AvgIpc) is 2.39. The summed E-state index contributed by atoms with van der Waals surface area (Å²) in [4.78, 5) is 12.1. The van der Waals surface area contributed by atoms with E-state index in [1.807, 2.05) is 6.07 Å². The number of hydrogen-bond donors (Lipinski definition) is 1. The van der Waals surface area contributed by atoms with Gasteiger partial charge in [0.15, 0.2) is 0 Å². The summed E-state index contributed by atoms with van der Waals surface area (Å²) in [5, 5.41) is 4.18. The number of rotatable bonds is 3. The van der Waals surface area contributed by atoms with Crippen LogP contribution in [-0.4, -0.2) is 11.9 Å². The van der Waals surface area contributed by atoms with Crippen molar-refractivity contribution in [1.29, 1.82) is 0 Å². The third kappa shape index (κ3) is 3.89. The Morgan fingerprint density at radius 3 is 2.70 bits per heavy atom. The van der Waals surface area contributed by atoms with Crippen LogP contribution in [0.4, 0.5) is 0 Å². The van der Waals surface area contributed by atoms with Crippen molar-refractivity contribution in [2.24, 2.45) is 11.8 Å². The maximum absolute atomic E-state index is 12.1. The van der Waals surface area contributed by atoms with Crippen LogP contribution in [0.2, 0.25) is 10.0 Å². The predicted octanol–water partition coefficient (Wildman–Crippen LogP) is 4.48. The van der Waals surface area contributed by atoms with Crippen LogP contribution in [0, 0.1) is 11.8 Å². The molecule has 0 aromatic heterocycles. The van der Waals surface area contributed by atoms with Crippen LogP contribution in [0.5, 0.6) is 0 Å². The average molecular weight is 314 g/mol. The van der Waals surface area contributed by atoms with E-state index in [-0.39, 0.29) is 5.91 Å². The molecule has 1 aliphatic rings. The second kappa shape index (κ2) is 6.82. The summed E-state index contributed by atoms with van der Waals surface area (Å²) in [5.41, 5.74) is 0.897. The van der Waals surface area contributed by atoms with E-state index in [2.05, 4.69) is 19.2 Å². The molecule has 1 aliphatic carbocycles. The van der Waals surface area contributed by atoms with Crippen LogP contribution in [0.1, 0.15) is 38.7 Å². The van der Waals surface area contributed by atoms with Gasteiger partial charge < -0.3 is 5.32 Å². The molecule has 0 heterocycles. The maximum atomic E-state index is 12.1. The van der Waals surface area contributed by atoms with Gasteiger partial charge >= 0.3 is 0 Å². The van der Waals surface area contributed by atoms with Gasteiger partial charge in [0.25, 0.3) is 0 Å². The van der Waals surface area contributed by atoms with Gasteiger partial charge in [-0.2, -0.15) is 0 Å². The Balaban J connectivity index is 1.93. The lowest BCUT2D eigenvalue weighted by Crippen LogP contribution is -2.44. The summed E-state index contributed by atoms with van der Waals surface area (Å²) < 4.78 is 0. The normalized spacial score (nSPS) is 26.3. The van der Waals surface area contributed by atoms with Gasteiger partial charge in [0.05, 0.1) is 16.5 Å². The second-order valence-electron chi connectivity index (χ2n) is 5.87. The molecule has 1 aromatic rings. The van der Waals surface area contributed by atoms with E-state index in [0.717, 1.165) is 12.0 Å². The van der Waals surface area contributed by atoms with Crippen LogP contribution in [0.3, 0.4) is 0 Å². The molecular formula is C16H21Cl2NO. The zero-order chi connectivity index (χ0) is 14.7. The monoisotopic (exact) mass is 313 g/mol. The van der Waals surface area contributed by atoms with Crippen molar-refractivity contribution in [1.82, 2.24) is 5.32 Å². The van der Waals surface area contributed by atoms with Crippen molar-refractivity contribution in [3.63, 3.8) is 0 Å². The van der Waals surface area contributed by atoms with Gasteiger partial charge in [0.1, 0.15) is 0 Å². The maximum Gasteiger partial charge on any atom is 0.224 e. The minimum absolute atomic E-state index is 0.0642. The molecule has 0 radical (unpaired) electrons. The van der Waals surface area contributed by atoms with Crippen LogP contribution >= 0.6 is 23.2 Å². The van der Waals surface area contributed by atoms with E-state index in [9.17, 15) is 4.79 Å². The molecule has 3 atom stereocenters. The largest absolute Gasteiger partial charge is 0.353 e. The van der Waals surface area contributed by atoms with Gasteiger partial charge in [0, 0.05) is 6.04 Å². The molecule has 0 aliphatic heterocycles. The summed E-state index contributed by atoms with van der Waals surface area (Å²) >= 11 is 11.8. The smallest absolute Gasteiger partial charge is 0.224 e. The number of benzene rings is 1. The van der Waals surface area contributed by atoms with Gasteiger partial charge in [-0.3, -0.25) is 4.79 Å². The molecule has 2 nitrogen and oxygen atoms in total. The topological polar surface area (TPSA) is 29.1 Å². The number of amides is 1. The fraction of sp³-hybridized carbons (Fsp3) is 0.562. The highest BCUT2D eigenvalue weighted by molar-refractivity contribution is 6.42. The van der Waals surface area contributed by atoms with Crippen LogP contribution in [-0.2, 0) is 11.2 Å². The highest BCUT2D eigenvalue weighted by Crippen LogP contribution is 2.29. The minimum Gasteiger partial charge on any atom is -0.353 e. The SMILES string of the molecule is C[C@H]1[C@@H](NC(=O)Cc2ccc(Cl)c(Cl)c2)CCC[C@@H]1C. The molecule has 1 N–H and O–H groups in total. The predicted molar refractivity (Wildman–Crippen MR) is 84.3 cm³/mol. The lowest BCUT2D eigenvalue weighted by atomic mass is 9.78. The van der Waals surface area contributed by atoms with Crippen molar-refractivity contribution in [2.75, 3.05) is 0 Å². The Labute approximate surface area is 130 Å². The number of halogens is 2. The fourth-order valence-electron chi connectivity index (χ4n) is 2.88. The zero-order valence-electron chi connectivity index (χ0n) is 12.0. The first-order valence-electron chi connectivity index (χ1n) is 7.20. The second-order valence-corrected chi connectivity index (χ2v) is 6.68. The summed E-state index contributed by atoms with van der Waals surface area (Å²) in [7, 11) is 0. The van der Waals surface area contributed by atoms with E-state index in [1.54, 1.807) is 12.1 Å². The standard InChI is InChI=1S/C16H21Cl2NO/c1-10-4-3-5-15(11(10)2)19-16(20)9-12-6-7-13(17)14(18)8-12/h6-8,10-11,15H,3-5,9H2,1-2H3,(H,19,20)/t10-,11+,15-/m0/s1. The molecule has 110 valence electrons. The first-order chi connectivity index (χ1) is 9.47. The fourth-order valence-corrected chi connectivity index (χ4v) is 3.20. The first-order valence-corrected chi connectivity index (χ1v) is 7.96. The summed E-state index contributed by atoms with van der Waals surface area (Å²) in [5.74, 6) is 1.29. The van der Waals surface area contributed by atoms with Crippen molar-refractivity contribution in [3.05, 3.63) is 33.8 Å². The van der Waals surface area contributed by atoms with Crippen LogP contribution in [0.15, 0.2) is 18.2 Å². The summed E-state index contributed by atoms with van der Waals surface area (Å²) in [6.07, 6.45) is 3.90. The Hall–Kier alpha value is -0.730. The summed E-state index contributed by atoms with van der Waals surface area (Å²) in [6.45, 7) is 4.50. The summed E-state index contributed by atoms with van der Waals surface area (Å²) in [6, 6.07) is 5.64. The Morgan fingerprint density at radius 1 is 1.25 bits per heavy atom. The highest BCUT2D eigenvalue weighted by atomic mass is 35.5. The van der Waals surface area contributed by atoms with Crippen molar-refractivity contribution >= 4 is 29.1 Å². The lowest BCUT2D eigenvalue weighted by molar-refractivity contribution is -0.121. The van der Waals surface area contributed by atoms with E-state index >= 15 is 0 Å². The quantitative estimate of drug-likeness (QED) is 0.876. The molecule has 0 spiro atoms. The van der Waals surface area contributed by atoms with Crippen molar-refractivity contribution in [2.45, 2.75) is 45.6 Å². The van der Waals surface area contributed by atoms with E-state index < -0.39 is 0 Å². The first kappa shape index (κ1) is 15.7. The van der Waals surface area contributed by atoms with Crippen LogP contribution in [0.25, 0.3) is 0 Å². The Morgan fingerprint density at radius 2 is 2.00 bits per heavy atom. The van der Waals surface area contributed by atoms with Gasteiger partial charge in [-0.25, -0.2) is 0 Å². The molecule has 0 saturated heterocycles. The Kier molecular flexibility index (Phi) is 5.34. The molecule has 1 fully saturated rings. The zero-order valence-corrected chi connectivity index (χ0v) is 13.5. The van der Waals surface area contributed by atoms with E-state index in [1.165, 1.54) is 12.8 Å². The minimum atomic E-state index is 0.0642. The molecule has 1 aromatic carbocycles. The molecule has 0 unspecified atom stereocenters. The van der Waals surface area contributed by atoms with E-state index in [4.69, 9.17) is 23.2 Å². The molecule has 1 amide bonds. The van der Waals surface area contributed by atoms with E-state index in [0.29, 0.717) is 34.3 Å². The highest BCUT2D eigenvalue weighted by Gasteiger charge is 2.27. The third-order valence-electron chi connectivity index (χ3n) is 4.40. The molecule has 0 bridgehead atoms. The van der Waals surface area contributed by atoms with Gasteiger partial charge in [-0.1, -0.05) is 56.0 Å². The lowest BCUT2D eigenvalue weighted by Gasteiger charge is -2.34. The molecule has 2 rings (SSSR count). The molecule has 20 heavy (non-hydrogen) atoms. The number of carbonyl (C=O) groups excluding carboxylic acids is 1. The molecule has 1 saturated carbocycles. The number of nitrogens with one attached hydrogen (secondary N) is 1. The molecular weight excluding hydrogens is 293 g/mol. The van der Waals surface area contributed by atoms with Crippen LogP contribution < -0.4 is 5.32 Å². The number of carbonyl (C=O) groups is 1. The number of hydrogen-bond acceptors (Lipinski definition) is 1. The van der Waals surface area contributed by atoms with Gasteiger partial charge in [-0.05, 0) is 36.0 Å². The van der Waals surface area contributed by atoms with Gasteiger partial charge in [-0.15, -0.1) is 0 Å². The Bertz CT molecular complexity index is 489. The molecule has 4 heteroatoms. The van der Waals surface area contributed by atoms with Crippen molar-refractivity contribution in [3.8, 4) is 0 Å². The third-order valence-corrected chi connectivity index (χ3v) is 5.14. The van der Waals surface area contributed by atoms with Crippen molar-refractivity contribution < 1.29 is 4.79 Å².